The Morgan fingerprint density at radius 1 is 1.11 bits per heavy atom. The average molecular weight is 490 g/mol. The highest BCUT2D eigenvalue weighted by atomic mass is 32.2. The molecule has 5 aliphatic carbocycles. The van der Waals surface area contributed by atoms with Gasteiger partial charge in [-0.3, -0.25) is 0 Å². The van der Waals surface area contributed by atoms with Gasteiger partial charge in [0.15, 0.2) is 0 Å². The summed E-state index contributed by atoms with van der Waals surface area (Å²) in [5.41, 5.74) is 8.49. The minimum Gasteiger partial charge on any atom is -0.368 e. The second-order valence-electron chi connectivity index (χ2n) is 11.3. The van der Waals surface area contributed by atoms with Gasteiger partial charge in [-0.05, 0) is 74.2 Å². The number of aromatic nitrogens is 3. The van der Waals surface area contributed by atoms with Crippen LogP contribution in [0.5, 0.6) is 0 Å². The number of hydrogen-bond acceptors (Lipinski definition) is 8. The molecule has 0 amide bonds. The van der Waals surface area contributed by atoms with Crippen molar-refractivity contribution >= 4 is 23.5 Å². The van der Waals surface area contributed by atoms with Crippen molar-refractivity contribution in [2.75, 3.05) is 17.2 Å². The third-order valence-electron chi connectivity index (χ3n) is 8.88. The Kier molecular flexibility index (Phi) is 6.32. The second kappa shape index (κ2) is 9.59. The monoisotopic (exact) mass is 489 g/mol. The zero-order valence-electron chi connectivity index (χ0n) is 20.2. The molecule has 0 aliphatic heterocycles. The summed E-state index contributed by atoms with van der Waals surface area (Å²) in [7, 11) is 0. The van der Waals surface area contributed by atoms with E-state index in [1.54, 1.807) is 6.20 Å². The van der Waals surface area contributed by atoms with Gasteiger partial charge in [-0.15, -0.1) is 11.8 Å². The van der Waals surface area contributed by atoms with Crippen LogP contribution in [0.25, 0.3) is 0 Å². The topological polar surface area (TPSA) is 113 Å². The molecular weight excluding hydrogens is 454 g/mol. The number of anilines is 2. The molecule has 7 nitrogen and oxygen atoms in total. The van der Waals surface area contributed by atoms with Crippen LogP contribution in [-0.4, -0.2) is 32.8 Å². The smallest absolute Gasteiger partial charge is 0.224 e. The van der Waals surface area contributed by atoms with Crippen LogP contribution in [0.3, 0.4) is 0 Å². The molecular formula is C27H35N7S. The van der Waals surface area contributed by atoms with Crippen LogP contribution in [-0.2, 0) is 6.54 Å². The molecule has 2 aromatic rings. The van der Waals surface area contributed by atoms with E-state index in [-0.39, 0.29) is 0 Å². The molecule has 4 bridgehead atoms. The van der Waals surface area contributed by atoms with Gasteiger partial charge in [-0.2, -0.15) is 10.2 Å². The first-order valence-corrected chi connectivity index (χ1v) is 14.1. The van der Waals surface area contributed by atoms with E-state index in [0.29, 0.717) is 52.4 Å². The standard InChI is InChI=1S/C27H35N7S/c28-13-21-15-32-26(31-14-18-4-3-7-30-25(18)35-22-5-1-2-6-22)34-24(21)33-16-27-10-17-8-19(11-27)23(29)20(9-17)12-27/h3-4,7,15,17,19-20,22-23H,1-2,5-6,8-12,14,16,29H2,(H2,31,32,33,34)/t17?,19-,20+,23-,27-. The van der Waals surface area contributed by atoms with Gasteiger partial charge in [-0.1, -0.05) is 18.9 Å². The van der Waals surface area contributed by atoms with Crippen LogP contribution in [0.2, 0.25) is 0 Å². The van der Waals surface area contributed by atoms with Crippen molar-refractivity contribution in [1.29, 1.82) is 5.26 Å². The molecule has 2 heterocycles. The fourth-order valence-electron chi connectivity index (χ4n) is 7.41. The van der Waals surface area contributed by atoms with Crippen LogP contribution in [0.4, 0.5) is 11.8 Å². The molecule has 0 spiro atoms. The van der Waals surface area contributed by atoms with E-state index in [0.717, 1.165) is 23.1 Å². The third-order valence-corrected chi connectivity index (χ3v) is 10.3. The summed E-state index contributed by atoms with van der Waals surface area (Å²) in [4.78, 5) is 13.8. The van der Waals surface area contributed by atoms with Crippen molar-refractivity contribution in [2.45, 2.75) is 80.6 Å². The Morgan fingerprint density at radius 3 is 2.69 bits per heavy atom. The fraction of sp³-hybridized carbons (Fsp3) is 0.630. The Balaban J connectivity index is 1.13. The molecule has 0 saturated heterocycles. The number of nitrogens with two attached hydrogens (primary N) is 1. The van der Waals surface area contributed by atoms with E-state index in [1.165, 1.54) is 57.8 Å². The first-order chi connectivity index (χ1) is 17.1. The highest BCUT2D eigenvalue weighted by Gasteiger charge is 2.54. The first kappa shape index (κ1) is 23.1. The summed E-state index contributed by atoms with van der Waals surface area (Å²) < 4.78 is 0. The molecule has 4 N–H and O–H groups in total. The largest absolute Gasteiger partial charge is 0.368 e. The molecule has 1 unspecified atom stereocenters. The lowest BCUT2D eigenvalue weighted by molar-refractivity contribution is -0.0591. The number of hydrogen-bond donors (Lipinski definition) is 3. The lowest BCUT2D eigenvalue weighted by Crippen LogP contribution is -2.58. The van der Waals surface area contributed by atoms with Crippen LogP contribution in [0.1, 0.15) is 68.9 Å². The predicted octanol–water partition coefficient (Wildman–Crippen LogP) is 4.96. The van der Waals surface area contributed by atoms with Gasteiger partial charge in [0, 0.05) is 36.1 Å². The summed E-state index contributed by atoms with van der Waals surface area (Å²) >= 11 is 1.90. The maximum Gasteiger partial charge on any atom is 0.224 e. The van der Waals surface area contributed by atoms with Gasteiger partial charge in [-0.25, -0.2) is 9.97 Å². The van der Waals surface area contributed by atoms with Crippen molar-refractivity contribution < 1.29 is 0 Å². The number of nitrogens with zero attached hydrogens (tertiary/aromatic N) is 4. The van der Waals surface area contributed by atoms with Crippen molar-refractivity contribution in [3.05, 3.63) is 35.7 Å². The zero-order valence-corrected chi connectivity index (χ0v) is 21.1. The van der Waals surface area contributed by atoms with E-state index < -0.39 is 0 Å². The Hall–Kier alpha value is -2.37. The average Bonchev–Trinajstić information content (AvgIpc) is 3.38. The molecule has 0 aromatic carbocycles. The maximum atomic E-state index is 9.67. The van der Waals surface area contributed by atoms with Gasteiger partial charge in [0.05, 0.1) is 6.20 Å². The molecule has 7 rings (SSSR count). The molecule has 5 atom stereocenters. The van der Waals surface area contributed by atoms with Gasteiger partial charge >= 0.3 is 0 Å². The second-order valence-corrected chi connectivity index (χ2v) is 12.6. The molecule has 2 aromatic heterocycles. The van der Waals surface area contributed by atoms with Crippen LogP contribution in [0, 0.1) is 34.5 Å². The van der Waals surface area contributed by atoms with Crippen LogP contribution < -0.4 is 16.4 Å². The third kappa shape index (κ3) is 4.73. The van der Waals surface area contributed by atoms with Crippen molar-refractivity contribution in [3.8, 4) is 6.07 Å². The SMILES string of the molecule is N#Cc1cnc(NCc2cccnc2SC2CCCC2)nc1NC[C@]12CC3C[C@H](C1)[C@@H](N)[C@@H](C3)C2. The summed E-state index contributed by atoms with van der Waals surface area (Å²) in [6.07, 6.45) is 15.0. The number of rotatable bonds is 8. The van der Waals surface area contributed by atoms with Gasteiger partial charge < -0.3 is 16.4 Å². The molecule has 184 valence electrons. The lowest BCUT2D eigenvalue weighted by Gasteiger charge is -2.59. The number of nitrogens with one attached hydrogen (secondary N) is 2. The van der Waals surface area contributed by atoms with Crippen LogP contribution in [0.15, 0.2) is 29.6 Å². The number of nitriles is 1. The van der Waals surface area contributed by atoms with Crippen LogP contribution >= 0.6 is 11.8 Å². The maximum absolute atomic E-state index is 9.67. The minimum absolute atomic E-state index is 0.291. The Morgan fingerprint density at radius 2 is 1.91 bits per heavy atom. The molecule has 5 aliphatic rings. The van der Waals surface area contributed by atoms with E-state index in [9.17, 15) is 5.26 Å². The summed E-state index contributed by atoms with van der Waals surface area (Å²) in [6.45, 7) is 1.47. The fourth-order valence-corrected chi connectivity index (χ4v) is 8.70. The summed E-state index contributed by atoms with van der Waals surface area (Å²) in [6, 6.07) is 6.75. The molecule has 5 fully saturated rings. The molecule has 0 radical (unpaired) electrons. The van der Waals surface area contributed by atoms with Gasteiger partial charge in [0.2, 0.25) is 5.95 Å². The number of pyridine rings is 1. The Bertz CT molecular complexity index is 1090. The van der Waals surface area contributed by atoms with E-state index >= 15 is 0 Å². The minimum atomic E-state index is 0.291. The summed E-state index contributed by atoms with van der Waals surface area (Å²) in [5, 5.41) is 18.4. The van der Waals surface area contributed by atoms with Gasteiger partial charge in [0.1, 0.15) is 22.5 Å². The zero-order chi connectivity index (χ0) is 23.8. The highest BCUT2D eigenvalue weighted by molar-refractivity contribution is 7.99. The van der Waals surface area contributed by atoms with E-state index in [4.69, 9.17) is 10.7 Å². The van der Waals surface area contributed by atoms with E-state index in [2.05, 4.69) is 32.7 Å². The highest BCUT2D eigenvalue weighted by Crippen LogP contribution is 2.59. The quantitative estimate of drug-likeness (QED) is 0.477. The first-order valence-electron chi connectivity index (χ1n) is 13.2. The van der Waals surface area contributed by atoms with Crippen molar-refractivity contribution in [1.82, 2.24) is 15.0 Å². The van der Waals surface area contributed by atoms with Gasteiger partial charge in [0.25, 0.3) is 0 Å². The molecule has 35 heavy (non-hydrogen) atoms. The molecule has 8 heteroatoms. The normalized spacial score (nSPS) is 31.4. The Labute approximate surface area is 212 Å². The van der Waals surface area contributed by atoms with Crippen molar-refractivity contribution in [2.24, 2.45) is 28.9 Å². The predicted molar refractivity (Wildman–Crippen MR) is 139 cm³/mol. The lowest BCUT2D eigenvalue weighted by atomic mass is 9.48. The number of thioether (sulfide) groups is 1. The molecule has 5 saturated carbocycles. The van der Waals surface area contributed by atoms with Crippen molar-refractivity contribution in [3.63, 3.8) is 0 Å². The van der Waals surface area contributed by atoms with E-state index in [1.807, 2.05) is 24.0 Å². The summed E-state index contributed by atoms with van der Waals surface area (Å²) in [5.74, 6) is 3.33.